The fourth-order valence-electron chi connectivity index (χ4n) is 1.92. The molecular formula is C15H18N2O2. The maximum Gasteiger partial charge on any atom is 0.338 e. The maximum absolute atomic E-state index is 11.7. The summed E-state index contributed by atoms with van der Waals surface area (Å²) in [6.45, 7) is 2.99. The lowest BCUT2D eigenvalue weighted by molar-refractivity contribution is 0.0526. The van der Waals surface area contributed by atoms with E-state index in [4.69, 9.17) is 4.74 Å². The number of carbonyl (C=O) groups is 1. The summed E-state index contributed by atoms with van der Waals surface area (Å²) in [5.41, 5.74) is 2.48. The lowest BCUT2D eigenvalue weighted by Crippen LogP contribution is -2.11. The first-order valence-electron chi connectivity index (χ1n) is 6.31. The van der Waals surface area contributed by atoms with Crippen molar-refractivity contribution in [1.82, 2.24) is 9.88 Å². The molecule has 0 unspecified atom stereocenters. The van der Waals surface area contributed by atoms with Gasteiger partial charge in [0.1, 0.15) is 0 Å². The fourth-order valence-corrected chi connectivity index (χ4v) is 1.92. The van der Waals surface area contributed by atoms with Crippen molar-refractivity contribution >= 4 is 16.9 Å². The molecule has 2 aromatic rings. The minimum Gasteiger partial charge on any atom is -0.462 e. The van der Waals surface area contributed by atoms with Gasteiger partial charge in [0.25, 0.3) is 0 Å². The van der Waals surface area contributed by atoms with E-state index in [1.54, 1.807) is 13.0 Å². The van der Waals surface area contributed by atoms with Gasteiger partial charge in [-0.2, -0.15) is 0 Å². The molecule has 0 bridgehead atoms. The second-order valence-electron chi connectivity index (χ2n) is 4.67. The Morgan fingerprint density at radius 1 is 1.26 bits per heavy atom. The van der Waals surface area contributed by atoms with E-state index in [9.17, 15) is 4.79 Å². The average Bonchev–Trinajstić information content (AvgIpc) is 2.37. The van der Waals surface area contributed by atoms with E-state index >= 15 is 0 Å². The van der Waals surface area contributed by atoms with Gasteiger partial charge in [0.2, 0.25) is 0 Å². The topological polar surface area (TPSA) is 42.4 Å². The van der Waals surface area contributed by atoms with E-state index in [1.807, 2.05) is 38.4 Å². The van der Waals surface area contributed by atoms with Gasteiger partial charge >= 0.3 is 5.97 Å². The van der Waals surface area contributed by atoms with Gasteiger partial charge in [-0.25, -0.2) is 4.79 Å². The molecule has 0 aliphatic rings. The Kier molecular flexibility index (Phi) is 4.12. The highest BCUT2D eigenvalue weighted by atomic mass is 16.5. The molecule has 0 N–H and O–H groups in total. The molecule has 0 saturated heterocycles. The summed E-state index contributed by atoms with van der Waals surface area (Å²) in [6, 6.07) is 9.41. The molecule has 19 heavy (non-hydrogen) atoms. The molecule has 1 heterocycles. The molecule has 0 saturated carbocycles. The molecule has 4 nitrogen and oxygen atoms in total. The normalized spacial score (nSPS) is 10.9. The molecule has 0 atom stereocenters. The van der Waals surface area contributed by atoms with Crippen molar-refractivity contribution in [3.05, 3.63) is 41.6 Å². The number of pyridine rings is 1. The van der Waals surface area contributed by atoms with Crippen molar-refractivity contribution in [1.29, 1.82) is 0 Å². The number of benzene rings is 1. The summed E-state index contributed by atoms with van der Waals surface area (Å²) >= 11 is 0. The van der Waals surface area contributed by atoms with Gasteiger partial charge in [-0.3, -0.25) is 4.98 Å². The van der Waals surface area contributed by atoms with Crippen LogP contribution in [0.2, 0.25) is 0 Å². The number of hydrogen-bond acceptors (Lipinski definition) is 4. The molecule has 0 aliphatic carbocycles. The van der Waals surface area contributed by atoms with Crippen LogP contribution in [-0.2, 0) is 11.3 Å². The Morgan fingerprint density at radius 3 is 2.74 bits per heavy atom. The van der Waals surface area contributed by atoms with Gasteiger partial charge in [0.05, 0.1) is 23.4 Å². The lowest BCUT2D eigenvalue weighted by Gasteiger charge is -2.09. The second-order valence-corrected chi connectivity index (χ2v) is 4.67. The molecule has 0 aliphatic heterocycles. The standard InChI is InChI=1S/C15H18N2O2/c1-4-19-15(18)12-6-8-14-11(9-12)5-7-13(16-14)10-17(2)3/h5-9H,4,10H2,1-3H3. The molecular weight excluding hydrogens is 240 g/mol. The quantitative estimate of drug-likeness (QED) is 0.790. The van der Waals surface area contributed by atoms with E-state index in [0.717, 1.165) is 23.1 Å². The van der Waals surface area contributed by atoms with Crippen LogP contribution in [0.15, 0.2) is 30.3 Å². The molecule has 4 heteroatoms. The van der Waals surface area contributed by atoms with E-state index in [-0.39, 0.29) is 5.97 Å². The van der Waals surface area contributed by atoms with Crippen LogP contribution in [0.1, 0.15) is 23.0 Å². The Bertz CT molecular complexity index is 594. The predicted molar refractivity (Wildman–Crippen MR) is 75.1 cm³/mol. The highest BCUT2D eigenvalue weighted by molar-refractivity contribution is 5.94. The van der Waals surface area contributed by atoms with Crippen molar-refractivity contribution in [3.8, 4) is 0 Å². The molecule has 2 rings (SSSR count). The summed E-state index contributed by atoms with van der Waals surface area (Å²) in [6.07, 6.45) is 0. The summed E-state index contributed by atoms with van der Waals surface area (Å²) in [7, 11) is 4.02. The number of hydrogen-bond donors (Lipinski definition) is 0. The number of nitrogens with zero attached hydrogens (tertiary/aromatic N) is 2. The zero-order valence-electron chi connectivity index (χ0n) is 11.5. The number of fused-ring (bicyclic) bond motifs is 1. The molecule has 0 fully saturated rings. The van der Waals surface area contributed by atoms with Gasteiger partial charge in [-0.05, 0) is 45.3 Å². The van der Waals surface area contributed by atoms with Crippen molar-refractivity contribution in [3.63, 3.8) is 0 Å². The fraction of sp³-hybridized carbons (Fsp3) is 0.333. The van der Waals surface area contributed by atoms with Crippen LogP contribution in [0.3, 0.4) is 0 Å². The van der Waals surface area contributed by atoms with Crippen LogP contribution in [0.25, 0.3) is 10.9 Å². The van der Waals surface area contributed by atoms with Gasteiger partial charge < -0.3 is 9.64 Å². The van der Waals surface area contributed by atoms with Crippen molar-refractivity contribution in [2.24, 2.45) is 0 Å². The van der Waals surface area contributed by atoms with Crippen LogP contribution in [0.4, 0.5) is 0 Å². The number of aromatic nitrogens is 1. The number of esters is 1. The average molecular weight is 258 g/mol. The minimum absolute atomic E-state index is 0.290. The lowest BCUT2D eigenvalue weighted by atomic mass is 10.1. The van der Waals surface area contributed by atoms with Crippen LogP contribution in [0, 0.1) is 0 Å². The van der Waals surface area contributed by atoms with Crippen LogP contribution in [0.5, 0.6) is 0 Å². The van der Waals surface area contributed by atoms with E-state index in [2.05, 4.69) is 9.88 Å². The summed E-state index contributed by atoms with van der Waals surface area (Å²) in [5, 5.41) is 0.952. The molecule has 0 spiro atoms. The van der Waals surface area contributed by atoms with Gasteiger partial charge in [0.15, 0.2) is 0 Å². The Balaban J connectivity index is 2.32. The molecule has 1 aromatic carbocycles. The van der Waals surface area contributed by atoms with Crippen molar-refractivity contribution < 1.29 is 9.53 Å². The summed E-state index contributed by atoms with van der Waals surface area (Å²) < 4.78 is 4.99. The van der Waals surface area contributed by atoms with E-state index in [0.29, 0.717) is 12.2 Å². The summed E-state index contributed by atoms with van der Waals surface area (Å²) in [4.78, 5) is 18.3. The predicted octanol–water partition coefficient (Wildman–Crippen LogP) is 2.47. The Hall–Kier alpha value is -1.94. The van der Waals surface area contributed by atoms with Crippen LogP contribution >= 0.6 is 0 Å². The molecule has 0 amide bonds. The minimum atomic E-state index is -0.290. The third kappa shape index (κ3) is 3.29. The highest BCUT2D eigenvalue weighted by Gasteiger charge is 2.08. The zero-order chi connectivity index (χ0) is 13.8. The first-order valence-corrected chi connectivity index (χ1v) is 6.31. The van der Waals surface area contributed by atoms with Crippen molar-refractivity contribution in [2.45, 2.75) is 13.5 Å². The maximum atomic E-state index is 11.7. The molecule has 100 valence electrons. The Morgan fingerprint density at radius 2 is 2.05 bits per heavy atom. The number of carbonyl (C=O) groups excluding carboxylic acids is 1. The van der Waals surface area contributed by atoms with Gasteiger partial charge in [0, 0.05) is 11.9 Å². The van der Waals surface area contributed by atoms with Crippen molar-refractivity contribution in [2.75, 3.05) is 20.7 Å². The van der Waals surface area contributed by atoms with E-state index in [1.165, 1.54) is 0 Å². The third-order valence-electron chi connectivity index (χ3n) is 2.74. The SMILES string of the molecule is CCOC(=O)c1ccc2nc(CN(C)C)ccc2c1. The number of ether oxygens (including phenoxy) is 1. The van der Waals surface area contributed by atoms with Gasteiger partial charge in [-0.1, -0.05) is 6.07 Å². The van der Waals surface area contributed by atoms with Crippen LogP contribution in [-0.4, -0.2) is 36.6 Å². The number of rotatable bonds is 4. The first kappa shape index (κ1) is 13.5. The zero-order valence-corrected chi connectivity index (χ0v) is 11.5. The Labute approximate surface area is 113 Å². The highest BCUT2D eigenvalue weighted by Crippen LogP contribution is 2.16. The van der Waals surface area contributed by atoms with E-state index < -0.39 is 0 Å². The first-order chi connectivity index (χ1) is 9.10. The largest absolute Gasteiger partial charge is 0.462 e. The van der Waals surface area contributed by atoms with Crippen LogP contribution < -0.4 is 0 Å². The summed E-state index contributed by atoms with van der Waals surface area (Å²) in [5.74, 6) is -0.290. The molecule has 0 radical (unpaired) electrons. The monoisotopic (exact) mass is 258 g/mol. The smallest absolute Gasteiger partial charge is 0.338 e. The molecule has 1 aromatic heterocycles. The second kappa shape index (κ2) is 5.80. The third-order valence-corrected chi connectivity index (χ3v) is 2.74. The van der Waals surface area contributed by atoms with Gasteiger partial charge in [-0.15, -0.1) is 0 Å².